The van der Waals surface area contributed by atoms with Gasteiger partial charge >= 0.3 is 0 Å². The zero-order chi connectivity index (χ0) is 13.1. The predicted molar refractivity (Wildman–Crippen MR) is 62.3 cm³/mol. The summed E-state index contributed by atoms with van der Waals surface area (Å²) in [6, 6.07) is 3.81. The molecular weight excluding hydrogens is 238 g/mol. The lowest BCUT2D eigenvalue weighted by Crippen LogP contribution is -2.05. The Morgan fingerprint density at radius 3 is 2.83 bits per heavy atom. The SMILES string of the molecule is CCn1cc(C(=O)Cc2cccc(F)c2F)cn1. The van der Waals surface area contributed by atoms with Crippen molar-refractivity contribution in [1.82, 2.24) is 9.78 Å². The first-order chi connectivity index (χ1) is 8.61. The number of ketones is 1. The number of nitrogens with zero attached hydrogens (tertiary/aromatic N) is 2. The zero-order valence-corrected chi connectivity index (χ0v) is 9.86. The van der Waals surface area contributed by atoms with Crippen LogP contribution in [0.5, 0.6) is 0 Å². The van der Waals surface area contributed by atoms with Gasteiger partial charge in [-0.25, -0.2) is 8.78 Å². The standard InChI is InChI=1S/C13H12F2N2O/c1-2-17-8-10(7-16-17)12(18)6-9-4-3-5-11(14)13(9)15/h3-5,7-8H,2,6H2,1H3. The molecule has 1 aromatic heterocycles. The molecule has 0 fully saturated rings. The Balaban J connectivity index is 2.18. The van der Waals surface area contributed by atoms with Gasteiger partial charge in [-0.05, 0) is 18.6 Å². The van der Waals surface area contributed by atoms with E-state index in [1.807, 2.05) is 6.92 Å². The normalized spacial score (nSPS) is 10.6. The fraction of sp³-hybridized carbons (Fsp3) is 0.231. The van der Waals surface area contributed by atoms with Gasteiger partial charge in [0, 0.05) is 19.2 Å². The van der Waals surface area contributed by atoms with Crippen LogP contribution in [0.25, 0.3) is 0 Å². The first-order valence-corrected chi connectivity index (χ1v) is 5.60. The van der Waals surface area contributed by atoms with Gasteiger partial charge in [0.25, 0.3) is 0 Å². The Hall–Kier alpha value is -2.04. The topological polar surface area (TPSA) is 34.9 Å². The predicted octanol–water partition coefficient (Wildman–Crippen LogP) is 2.61. The van der Waals surface area contributed by atoms with Crippen LogP contribution in [-0.2, 0) is 13.0 Å². The van der Waals surface area contributed by atoms with Crippen molar-refractivity contribution in [3.8, 4) is 0 Å². The van der Waals surface area contributed by atoms with E-state index in [-0.39, 0.29) is 17.8 Å². The van der Waals surface area contributed by atoms with Crippen molar-refractivity contribution in [2.24, 2.45) is 0 Å². The highest BCUT2D eigenvalue weighted by atomic mass is 19.2. The van der Waals surface area contributed by atoms with Gasteiger partial charge in [0.05, 0.1) is 11.8 Å². The second-order valence-electron chi connectivity index (χ2n) is 3.90. The van der Waals surface area contributed by atoms with Crippen LogP contribution in [-0.4, -0.2) is 15.6 Å². The summed E-state index contributed by atoms with van der Waals surface area (Å²) < 4.78 is 28.0. The largest absolute Gasteiger partial charge is 0.294 e. The minimum absolute atomic E-state index is 0.0595. The molecule has 0 saturated carbocycles. The zero-order valence-electron chi connectivity index (χ0n) is 9.86. The summed E-state index contributed by atoms with van der Waals surface area (Å²) in [6.07, 6.45) is 2.86. The minimum Gasteiger partial charge on any atom is -0.294 e. The molecule has 0 aliphatic carbocycles. The second kappa shape index (κ2) is 5.08. The molecule has 0 unspecified atom stereocenters. The molecule has 0 aliphatic rings. The van der Waals surface area contributed by atoms with Gasteiger partial charge < -0.3 is 0 Å². The quantitative estimate of drug-likeness (QED) is 0.782. The highest BCUT2D eigenvalue weighted by Crippen LogP contribution is 2.14. The Bertz CT molecular complexity index is 578. The van der Waals surface area contributed by atoms with E-state index >= 15 is 0 Å². The molecule has 94 valence electrons. The molecule has 0 atom stereocenters. The molecule has 0 spiro atoms. The molecule has 0 amide bonds. The van der Waals surface area contributed by atoms with Crippen LogP contribution < -0.4 is 0 Å². The molecule has 5 heteroatoms. The summed E-state index contributed by atoms with van der Waals surface area (Å²) in [5.41, 5.74) is 0.463. The average molecular weight is 250 g/mol. The summed E-state index contributed by atoms with van der Waals surface area (Å²) >= 11 is 0. The molecule has 0 saturated heterocycles. The number of hydrogen-bond acceptors (Lipinski definition) is 2. The number of aromatic nitrogens is 2. The van der Waals surface area contributed by atoms with Crippen LogP contribution in [0.4, 0.5) is 8.78 Å². The van der Waals surface area contributed by atoms with E-state index in [1.54, 1.807) is 10.9 Å². The van der Waals surface area contributed by atoms with Crippen LogP contribution >= 0.6 is 0 Å². The number of Topliss-reactive ketones (excluding diaryl/α,β-unsaturated/α-hetero) is 1. The van der Waals surface area contributed by atoms with E-state index in [4.69, 9.17) is 0 Å². The van der Waals surface area contributed by atoms with Gasteiger partial charge in [0.2, 0.25) is 0 Å². The molecule has 1 aromatic carbocycles. The van der Waals surface area contributed by atoms with Gasteiger partial charge in [0.1, 0.15) is 0 Å². The van der Waals surface area contributed by atoms with E-state index in [2.05, 4.69) is 5.10 Å². The van der Waals surface area contributed by atoms with Crippen LogP contribution in [0.2, 0.25) is 0 Å². The van der Waals surface area contributed by atoms with Crippen molar-refractivity contribution < 1.29 is 13.6 Å². The number of carbonyl (C=O) groups excluding carboxylic acids is 1. The lowest BCUT2D eigenvalue weighted by atomic mass is 10.1. The van der Waals surface area contributed by atoms with Crippen LogP contribution in [0.1, 0.15) is 22.8 Å². The fourth-order valence-electron chi connectivity index (χ4n) is 1.64. The van der Waals surface area contributed by atoms with Crippen molar-refractivity contribution in [2.45, 2.75) is 19.9 Å². The van der Waals surface area contributed by atoms with Gasteiger partial charge in [-0.1, -0.05) is 12.1 Å². The number of halogens is 2. The van der Waals surface area contributed by atoms with E-state index in [0.717, 1.165) is 6.07 Å². The summed E-state index contributed by atoms with van der Waals surface area (Å²) in [5, 5.41) is 3.97. The maximum atomic E-state index is 13.4. The van der Waals surface area contributed by atoms with Crippen molar-refractivity contribution in [3.05, 3.63) is 53.4 Å². The third kappa shape index (κ3) is 2.45. The van der Waals surface area contributed by atoms with Gasteiger partial charge in [-0.3, -0.25) is 9.48 Å². The fourth-order valence-corrected chi connectivity index (χ4v) is 1.64. The Labute approximate surface area is 103 Å². The molecule has 2 rings (SSSR count). The van der Waals surface area contributed by atoms with E-state index in [9.17, 15) is 13.6 Å². The number of aryl methyl sites for hydroxylation is 1. The maximum absolute atomic E-state index is 13.4. The maximum Gasteiger partial charge on any atom is 0.170 e. The third-order valence-electron chi connectivity index (χ3n) is 2.66. The highest BCUT2D eigenvalue weighted by Gasteiger charge is 2.14. The second-order valence-corrected chi connectivity index (χ2v) is 3.90. The summed E-state index contributed by atoms with van der Waals surface area (Å²) in [7, 11) is 0. The Morgan fingerprint density at radius 2 is 2.17 bits per heavy atom. The minimum atomic E-state index is -0.964. The summed E-state index contributed by atoms with van der Waals surface area (Å²) in [4.78, 5) is 11.9. The molecule has 18 heavy (non-hydrogen) atoms. The van der Waals surface area contributed by atoms with Crippen LogP contribution in [0, 0.1) is 11.6 Å². The first kappa shape index (κ1) is 12.4. The molecule has 0 radical (unpaired) electrons. The smallest absolute Gasteiger partial charge is 0.170 e. The first-order valence-electron chi connectivity index (χ1n) is 5.60. The average Bonchev–Trinajstić information content (AvgIpc) is 2.83. The summed E-state index contributed by atoms with van der Waals surface area (Å²) in [5.74, 6) is -2.18. The van der Waals surface area contributed by atoms with Crippen LogP contribution in [0.3, 0.4) is 0 Å². The Kier molecular flexibility index (Phi) is 3.50. The van der Waals surface area contributed by atoms with Gasteiger partial charge in [0.15, 0.2) is 17.4 Å². The number of benzene rings is 1. The third-order valence-corrected chi connectivity index (χ3v) is 2.66. The number of rotatable bonds is 4. The van der Waals surface area contributed by atoms with Crippen molar-refractivity contribution >= 4 is 5.78 Å². The monoisotopic (exact) mass is 250 g/mol. The molecule has 3 nitrogen and oxygen atoms in total. The van der Waals surface area contributed by atoms with E-state index < -0.39 is 11.6 Å². The van der Waals surface area contributed by atoms with E-state index in [0.29, 0.717) is 12.1 Å². The van der Waals surface area contributed by atoms with Gasteiger partial charge in [-0.15, -0.1) is 0 Å². The lowest BCUT2D eigenvalue weighted by molar-refractivity contribution is 0.0991. The summed E-state index contributed by atoms with van der Waals surface area (Å²) in [6.45, 7) is 2.55. The Morgan fingerprint density at radius 1 is 1.39 bits per heavy atom. The van der Waals surface area contributed by atoms with E-state index in [1.165, 1.54) is 18.3 Å². The molecule has 0 bridgehead atoms. The molecular formula is C13H12F2N2O. The van der Waals surface area contributed by atoms with Gasteiger partial charge in [-0.2, -0.15) is 5.10 Å². The lowest BCUT2D eigenvalue weighted by Gasteiger charge is -2.01. The number of hydrogen-bond donors (Lipinski definition) is 0. The van der Waals surface area contributed by atoms with Crippen LogP contribution in [0.15, 0.2) is 30.6 Å². The number of carbonyl (C=O) groups is 1. The molecule has 2 aromatic rings. The molecule has 1 heterocycles. The van der Waals surface area contributed by atoms with Crippen molar-refractivity contribution in [3.63, 3.8) is 0 Å². The molecule has 0 aliphatic heterocycles. The molecule has 0 N–H and O–H groups in total. The van der Waals surface area contributed by atoms with Crippen molar-refractivity contribution in [2.75, 3.05) is 0 Å². The highest BCUT2D eigenvalue weighted by molar-refractivity contribution is 5.97. The van der Waals surface area contributed by atoms with Crippen molar-refractivity contribution in [1.29, 1.82) is 0 Å².